The Balaban J connectivity index is 2.27. The number of carbonyl (C=O) groups excluding carboxylic acids is 2. The number of anilines is 1. The minimum absolute atomic E-state index is 0.00465. The molecule has 1 aliphatic heterocycles. The van der Waals surface area contributed by atoms with Crippen LogP contribution in [0.3, 0.4) is 0 Å². The molecular weight excluding hydrogens is 370 g/mol. The van der Waals surface area contributed by atoms with Crippen LogP contribution in [0.1, 0.15) is 0 Å². The zero-order valence-electron chi connectivity index (χ0n) is 14.6. The zero-order valence-corrected chi connectivity index (χ0v) is 15.4. The monoisotopic (exact) mass is 385 g/mol. The van der Waals surface area contributed by atoms with Gasteiger partial charge in [0, 0.05) is 23.6 Å². The largest absolute Gasteiger partial charge is 0.465 e. The Bertz CT molecular complexity index is 961. The van der Waals surface area contributed by atoms with Gasteiger partial charge in [0.15, 0.2) is 0 Å². The molecule has 1 aromatic heterocycles. The zero-order chi connectivity index (χ0) is 19.4. The van der Waals surface area contributed by atoms with E-state index in [1.807, 2.05) is 0 Å². The quantitative estimate of drug-likeness (QED) is 0.753. The lowest BCUT2D eigenvalue weighted by molar-refractivity contribution is -0.139. The normalized spacial score (nSPS) is 13.5. The fourth-order valence-corrected chi connectivity index (χ4v) is 2.81. The van der Waals surface area contributed by atoms with Gasteiger partial charge in [-0.1, -0.05) is 17.7 Å². The highest BCUT2D eigenvalue weighted by Crippen LogP contribution is 2.33. The number of hydrogen-bond donors (Lipinski definition) is 0. The average Bonchev–Trinajstić information content (AvgIpc) is 3.12. The number of hydrogen-bond acceptors (Lipinski definition) is 6. The molecule has 7 nitrogen and oxygen atoms in total. The predicted octanol–water partition coefficient (Wildman–Crippen LogP) is 3.02. The van der Waals surface area contributed by atoms with Crippen LogP contribution in [0.5, 0.6) is 0 Å². The van der Waals surface area contributed by atoms with Gasteiger partial charge in [-0.3, -0.25) is 0 Å². The Kier molecular flexibility index (Phi) is 5.42. The molecule has 0 saturated heterocycles. The second-order valence-corrected chi connectivity index (χ2v) is 5.84. The van der Waals surface area contributed by atoms with Crippen molar-refractivity contribution in [3.8, 4) is 5.69 Å². The molecule has 0 amide bonds. The van der Waals surface area contributed by atoms with Crippen LogP contribution < -0.4 is 4.90 Å². The van der Waals surface area contributed by atoms with Gasteiger partial charge in [0.2, 0.25) is 0 Å². The van der Waals surface area contributed by atoms with E-state index in [4.69, 9.17) is 21.1 Å². The SMILES string of the molecule is COC(=O)C1=C(C(=O)OC)N(c2cc(Cl)ccc2-n2cccn2)C=CC=C1. The third-order valence-corrected chi connectivity index (χ3v) is 4.07. The van der Waals surface area contributed by atoms with Gasteiger partial charge in [-0.15, -0.1) is 0 Å². The highest BCUT2D eigenvalue weighted by Gasteiger charge is 2.29. The number of allylic oxidation sites excluding steroid dienone is 2. The van der Waals surface area contributed by atoms with Crippen LogP contribution in [0.2, 0.25) is 5.02 Å². The summed E-state index contributed by atoms with van der Waals surface area (Å²) >= 11 is 6.21. The first-order chi connectivity index (χ1) is 13.1. The molecule has 8 heteroatoms. The molecule has 0 bridgehead atoms. The predicted molar refractivity (Wildman–Crippen MR) is 100 cm³/mol. The lowest BCUT2D eigenvalue weighted by Gasteiger charge is -2.25. The van der Waals surface area contributed by atoms with E-state index in [1.165, 1.54) is 25.2 Å². The number of methoxy groups -OCH3 is 2. The molecule has 0 unspecified atom stereocenters. The number of carbonyl (C=O) groups is 2. The van der Waals surface area contributed by atoms with Gasteiger partial charge < -0.3 is 14.4 Å². The summed E-state index contributed by atoms with van der Waals surface area (Å²) in [7, 11) is 2.49. The maximum atomic E-state index is 12.6. The van der Waals surface area contributed by atoms with Crippen molar-refractivity contribution in [1.82, 2.24) is 9.78 Å². The van der Waals surface area contributed by atoms with Crippen molar-refractivity contribution in [3.05, 3.63) is 77.4 Å². The Morgan fingerprint density at radius 2 is 1.85 bits per heavy atom. The molecule has 0 fully saturated rings. The number of nitrogens with zero attached hydrogens (tertiary/aromatic N) is 3. The smallest absolute Gasteiger partial charge is 0.355 e. The van der Waals surface area contributed by atoms with E-state index in [9.17, 15) is 9.59 Å². The molecule has 0 spiro atoms. The molecule has 138 valence electrons. The van der Waals surface area contributed by atoms with E-state index < -0.39 is 11.9 Å². The third-order valence-electron chi connectivity index (χ3n) is 3.84. The average molecular weight is 386 g/mol. The van der Waals surface area contributed by atoms with Gasteiger partial charge in [0.05, 0.1) is 31.2 Å². The molecule has 0 saturated carbocycles. The van der Waals surface area contributed by atoms with Crippen LogP contribution in [0.4, 0.5) is 5.69 Å². The summed E-state index contributed by atoms with van der Waals surface area (Å²) in [6.07, 6.45) is 9.84. The molecule has 3 rings (SSSR count). The summed E-state index contributed by atoms with van der Waals surface area (Å²) in [5.74, 6) is -1.36. The first-order valence-corrected chi connectivity index (χ1v) is 8.29. The topological polar surface area (TPSA) is 73.7 Å². The van der Waals surface area contributed by atoms with E-state index in [2.05, 4.69) is 5.10 Å². The summed E-state index contributed by atoms with van der Waals surface area (Å²) in [6, 6.07) is 6.93. The molecular formula is C19H16ClN3O4. The summed E-state index contributed by atoms with van der Waals surface area (Å²) in [4.78, 5) is 26.4. The van der Waals surface area contributed by atoms with Crippen molar-refractivity contribution in [3.63, 3.8) is 0 Å². The van der Waals surface area contributed by atoms with Gasteiger partial charge in [-0.25, -0.2) is 14.3 Å². The van der Waals surface area contributed by atoms with Crippen molar-refractivity contribution >= 4 is 29.2 Å². The highest BCUT2D eigenvalue weighted by atomic mass is 35.5. The Morgan fingerprint density at radius 3 is 2.52 bits per heavy atom. The van der Waals surface area contributed by atoms with Gasteiger partial charge in [0.1, 0.15) is 5.70 Å². The van der Waals surface area contributed by atoms with Gasteiger partial charge >= 0.3 is 11.9 Å². The number of benzene rings is 1. The standard InChI is InChI=1S/C19H16ClN3O4/c1-26-18(24)14-6-3-4-10-22(17(14)19(25)27-2)16-12-13(20)7-8-15(16)23-11-5-9-21-23/h3-12H,1-2H3. The molecule has 1 aliphatic rings. The van der Waals surface area contributed by atoms with E-state index in [1.54, 1.807) is 59.7 Å². The number of rotatable bonds is 4. The number of halogens is 1. The third kappa shape index (κ3) is 3.63. The highest BCUT2D eigenvalue weighted by molar-refractivity contribution is 6.31. The van der Waals surface area contributed by atoms with Crippen molar-refractivity contribution in [1.29, 1.82) is 0 Å². The molecule has 0 radical (unpaired) electrons. The second-order valence-electron chi connectivity index (χ2n) is 5.40. The summed E-state index contributed by atoms with van der Waals surface area (Å²) in [6.45, 7) is 0. The number of ether oxygens (including phenoxy) is 2. The van der Waals surface area contributed by atoms with Crippen molar-refractivity contribution in [2.45, 2.75) is 0 Å². The van der Waals surface area contributed by atoms with E-state index in [0.29, 0.717) is 16.4 Å². The number of esters is 2. The summed E-state index contributed by atoms with van der Waals surface area (Å²) in [5.41, 5.74) is 1.25. The molecule has 27 heavy (non-hydrogen) atoms. The Morgan fingerprint density at radius 1 is 1.07 bits per heavy atom. The van der Waals surface area contributed by atoms with Gasteiger partial charge in [-0.2, -0.15) is 5.10 Å². The molecule has 0 N–H and O–H groups in total. The second kappa shape index (κ2) is 7.92. The molecule has 0 atom stereocenters. The van der Waals surface area contributed by atoms with Crippen LogP contribution in [0.15, 0.2) is 72.4 Å². The Hall–Kier alpha value is -3.32. The van der Waals surface area contributed by atoms with Gasteiger partial charge in [0.25, 0.3) is 0 Å². The summed E-state index contributed by atoms with van der Waals surface area (Å²) in [5, 5.41) is 4.69. The van der Waals surface area contributed by atoms with Crippen LogP contribution in [0.25, 0.3) is 5.69 Å². The van der Waals surface area contributed by atoms with Crippen molar-refractivity contribution in [2.75, 3.05) is 19.1 Å². The maximum Gasteiger partial charge on any atom is 0.355 e. The minimum Gasteiger partial charge on any atom is -0.465 e. The molecule has 2 heterocycles. The maximum absolute atomic E-state index is 12.6. The van der Waals surface area contributed by atoms with Crippen LogP contribution >= 0.6 is 11.6 Å². The summed E-state index contributed by atoms with van der Waals surface area (Å²) < 4.78 is 11.4. The van der Waals surface area contributed by atoms with Crippen LogP contribution in [-0.4, -0.2) is 35.9 Å². The lowest BCUT2D eigenvalue weighted by Crippen LogP contribution is -2.27. The fourth-order valence-electron chi connectivity index (χ4n) is 2.65. The van der Waals surface area contributed by atoms with Crippen LogP contribution in [-0.2, 0) is 19.1 Å². The molecule has 2 aromatic rings. The first kappa shape index (κ1) is 18.5. The Labute approximate surface area is 160 Å². The molecule has 0 aliphatic carbocycles. The van der Waals surface area contributed by atoms with Crippen LogP contribution in [0, 0.1) is 0 Å². The van der Waals surface area contributed by atoms with Gasteiger partial charge in [-0.05, 0) is 36.4 Å². The first-order valence-electron chi connectivity index (χ1n) is 7.91. The van der Waals surface area contributed by atoms with E-state index in [0.717, 1.165) is 0 Å². The van der Waals surface area contributed by atoms with E-state index >= 15 is 0 Å². The van der Waals surface area contributed by atoms with Crippen molar-refractivity contribution < 1.29 is 19.1 Å². The number of aromatic nitrogens is 2. The lowest BCUT2D eigenvalue weighted by atomic mass is 10.1. The van der Waals surface area contributed by atoms with Crippen molar-refractivity contribution in [2.24, 2.45) is 0 Å². The fraction of sp³-hybridized carbons (Fsp3) is 0.105. The molecule has 1 aromatic carbocycles. The minimum atomic E-state index is -0.696. The van der Waals surface area contributed by atoms with E-state index in [-0.39, 0.29) is 11.3 Å².